The second-order valence-electron chi connectivity index (χ2n) is 10.9. The van der Waals surface area contributed by atoms with E-state index < -0.39 is 0 Å². The second kappa shape index (κ2) is 16.3. The smallest absolute Gasteiger partial charge is 0.251 e. The number of hydrogen-bond acceptors (Lipinski definition) is 5. The number of aryl methyl sites for hydroxylation is 1. The van der Waals surface area contributed by atoms with Crippen LogP contribution in [0.4, 0.5) is 5.69 Å². The van der Waals surface area contributed by atoms with Gasteiger partial charge >= 0.3 is 0 Å². The zero-order valence-electron chi connectivity index (χ0n) is 25.3. The molecule has 1 heterocycles. The van der Waals surface area contributed by atoms with E-state index in [1.54, 1.807) is 6.92 Å². The van der Waals surface area contributed by atoms with Crippen molar-refractivity contribution in [1.82, 2.24) is 10.2 Å². The molecule has 7 heteroatoms. The minimum Gasteiger partial charge on any atom is -0.490 e. The van der Waals surface area contributed by atoms with Crippen LogP contribution in [0.5, 0.6) is 11.5 Å². The molecule has 0 aliphatic carbocycles. The Morgan fingerprint density at radius 3 is 2.30 bits per heavy atom. The summed E-state index contributed by atoms with van der Waals surface area (Å²) in [6, 6.07) is 12.2. The molecule has 0 saturated heterocycles. The molecule has 1 aliphatic heterocycles. The number of carbonyl (C=O) groups is 2. The highest BCUT2D eigenvalue weighted by Crippen LogP contribution is 2.29. The molecule has 2 aromatic carbocycles. The third kappa shape index (κ3) is 9.26. The molecular weight excluding hydrogens is 502 g/mol. The highest BCUT2D eigenvalue weighted by atomic mass is 16.5. The molecule has 7 nitrogen and oxygen atoms in total. The van der Waals surface area contributed by atoms with Crippen LogP contribution in [0.15, 0.2) is 36.4 Å². The third-order valence-electron chi connectivity index (χ3n) is 7.48. The van der Waals surface area contributed by atoms with Gasteiger partial charge in [-0.25, -0.2) is 0 Å². The normalized spacial score (nSPS) is 15.1. The van der Waals surface area contributed by atoms with E-state index in [-0.39, 0.29) is 11.8 Å². The minimum absolute atomic E-state index is 0.0494. The van der Waals surface area contributed by atoms with Crippen molar-refractivity contribution in [2.75, 3.05) is 37.7 Å². The van der Waals surface area contributed by atoms with Gasteiger partial charge in [-0.3, -0.25) is 14.5 Å². The maximum atomic E-state index is 13.2. The van der Waals surface area contributed by atoms with E-state index in [0.29, 0.717) is 37.9 Å². The number of amides is 2. The summed E-state index contributed by atoms with van der Waals surface area (Å²) in [5.74, 6) is 1.49. The molecular formula is C33H49N3O4. The van der Waals surface area contributed by atoms with Crippen LogP contribution in [-0.2, 0) is 17.8 Å². The highest BCUT2D eigenvalue weighted by Gasteiger charge is 2.21. The van der Waals surface area contributed by atoms with Gasteiger partial charge in [-0.05, 0) is 101 Å². The lowest BCUT2D eigenvalue weighted by atomic mass is 10.0. The van der Waals surface area contributed by atoms with Crippen molar-refractivity contribution in [3.63, 3.8) is 0 Å². The molecule has 0 saturated carbocycles. The Morgan fingerprint density at radius 1 is 0.900 bits per heavy atom. The largest absolute Gasteiger partial charge is 0.490 e. The second-order valence-corrected chi connectivity index (χ2v) is 10.9. The highest BCUT2D eigenvalue weighted by molar-refractivity contribution is 5.97. The fourth-order valence-electron chi connectivity index (χ4n) is 5.27. The monoisotopic (exact) mass is 551 g/mol. The molecule has 2 amide bonds. The van der Waals surface area contributed by atoms with E-state index in [1.165, 1.54) is 19.3 Å². The summed E-state index contributed by atoms with van der Waals surface area (Å²) < 4.78 is 11.4. The van der Waals surface area contributed by atoms with Gasteiger partial charge in [0, 0.05) is 43.9 Å². The Balaban J connectivity index is 1.70. The summed E-state index contributed by atoms with van der Waals surface area (Å²) in [6.45, 7) is 14.2. The van der Waals surface area contributed by atoms with Crippen molar-refractivity contribution in [3.05, 3.63) is 53.1 Å². The molecule has 0 aromatic heterocycles. The number of fused-ring (bicyclic) bond motifs is 1. The number of benzene rings is 2. The molecule has 1 N–H and O–H groups in total. The van der Waals surface area contributed by atoms with Gasteiger partial charge in [0.2, 0.25) is 5.91 Å². The number of hydrogen-bond donors (Lipinski definition) is 1. The molecule has 40 heavy (non-hydrogen) atoms. The summed E-state index contributed by atoms with van der Waals surface area (Å²) in [5.41, 5.74) is 3.75. The van der Waals surface area contributed by atoms with Gasteiger partial charge in [-0.15, -0.1) is 0 Å². The molecule has 0 unspecified atom stereocenters. The van der Waals surface area contributed by atoms with Gasteiger partial charge in [0.05, 0.1) is 13.2 Å². The standard InChI is InChI=1S/C33H49N3O4/c1-6-39-31-18-15-27(22-32(31)40-7-2)14-13-19-34-33(38)28-16-17-30-29(23-28)24-35(25(3)4)20-11-9-8-10-12-21-36(30)26(5)37/h15-18,22-23,25H,6-14,19-21,24H2,1-5H3,(H,34,38). The Morgan fingerprint density at radius 2 is 1.60 bits per heavy atom. The summed E-state index contributed by atoms with van der Waals surface area (Å²) >= 11 is 0. The van der Waals surface area contributed by atoms with Gasteiger partial charge in [0.1, 0.15) is 0 Å². The molecule has 0 atom stereocenters. The zero-order valence-corrected chi connectivity index (χ0v) is 25.3. The first kappa shape index (κ1) is 31.5. The maximum Gasteiger partial charge on any atom is 0.251 e. The number of carbonyl (C=O) groups excluding carboxylic acids is 2. The van der Waals surface area contributed by atoms with Gasteiger partial charge in [-0.2, -0.15) is 0 Å². The molecule has 2 aromatic rings. The van der Waals surface area contributed by atoms with Crippen molar-refractivity contribution in [1.29, 1.82) is 0 Å². The summed E-state index contributed by atoms with van der Waals surface area (Å²) in [4.78, 5) is 30.1. The Bertz CT molecular complexity index is 1100. The van der Waals surface area contributed by atoms with Crippen molar-refractivity contribution in [2.45, 2.75) is 92.2 Å². The lowest BCUT2D eigenvalue weighted by Crippen LogP contribution is -2.35. The first-order valence-electron chi connectivity index (χ1n) is 15.2. The summed E-state index contributed by atoms with van der Waals surface area (Å²) in [7, 11) is 0. The fourth-order valence-corrected chi connectivity index (χ4v) is 5.27. The number of ether oxygens (including phenoxy) is 2. The van der Waals surface area contributed by atoms with Crippen LogP contribution in [0.25, 0.3) is 0 Å². The number of nitrogens with one attached hydrogen (secondary N) is 1. The number of rotatable bonds is 10. The van der Waals surface area contributed by atoms with E-state index in [9.17, 15) is 9.59 Å². The van der Waals surface area contributed by atoms with Crippen LogP contribution in [0.3, 0.4) is 0 Å². The topological polar surface area (TPSA) is 71.1 Å². The van der Waals surface area contributed by atoms with Gasteiger partial charge in [0.25, 0.3) is 5.91 Å². The molecule has 3 rings (SSSR count). The fraction of sp³-hybridized carbons (Fsp3) is 0.576. The van der Waals surface area contributed by atoms with Crippen LogP contribution in [0.1, 0.15) is 94.6 Å². The first-order valence-corrected chi connectivity index (χ1v) is 15.2. The van der Waals surface area contributed by atoms with Crippen LogP contribution in [0.2, 0.25) is 0 Å². The van der Waals surface area contributed by atoms with Crippen LogP contribution >= 0.6 is 0 Å². The molecule has 0 bridgehead atoms. The van der Waals surface area contributed by atoms with Gasteiger partial charge in [-0.1, -0.05) is 25.3 Å². The van der Waals surface area contributed by atoms with E-state index in [0.717, 1.165) is 67.1 Å². The van der Waals surface area contributed by atoms with Gasteiger partial charge in [0.15, 0.2) is 11.5 Å². The lowest BCUT2D eigenvalue weighted by Gasteiger charge is -2.31. The minimum atomic E-state index is -0.0823. The Labute approximate surface area is 241 Å². The summed E-state index contributed by atoms with van der Waals surface area (Å²) in [6.07, 6.45) is 7.35. The average molecular weight is 552 g/mol. The van der Waals surface area contributed by atoms with E-state index in [1.807, 2.05) is 49.1 Å². The van der Waals surface area contributed by atoms with Crippen molar-refractivity contribution in [3.8, 4) is 11.5 Å². The zero-order chi connectivity index (χ0) is 28.9. The first-order chi connectivity index (χ1) is 19.3. The number of anilines is 1. The quantitative estimate of drug-likeness (QED) is 0.347. The summed E-state index contributed by atoms with van der Waals surface area (Å²) in [5, 5.41) is 3.09. The lowest BCUT2D eigenvalue weighted by molar-refractivity contribution is -0.116. The average Bonchev–Trinajstić information content (AvgIpc) is 2.92. The van der Waals surface area contributed by atoms with Crippen LogP contribution in [-0.4, -0.2) is 55.6 Å². The van der Waals surface area contributed by atoms with Crippen LogP contribution < -0.4 is 19.7 Å². The molecule has 220 valence electrons. The van der Waals surface area contributed by atoms with Gasteiger partial charge < -0.3 is 19.7 Å². The van der Waals surface area contributed by atoms with E-state index in [4.69, 9.17) is 9.47 Å². The van der Waals surface area contributed by atoms with E-state index >= 15 is 0 Å². The SMILES string of the molecule is CCOc1ccc(CCCNC(=O)c2ccc3c(c2)CN(C(C)C)CCCCCCCN3C(C)=O)cc1OCC. The molecule has 0 radical (unpaired) electrons. The predicted molar refractivity (Wildman–Crippen MR) is 163 cm³/mol. The van der Waals surface area contributed by atoms with E-state index in [2.05, 4.69) is 30.1 Å². The molecule has 0 fully saturated rings. The van der Waals surface area contributed by atoms with Crippen LogP contribution in [0, 0.1) is 0 Å². The Hall–Kier alpha value is -3.06. The van der Waals surface area contributed by atoms with Crippen molar-refractivity contribution in [2.24, 2.45) is 0 Å². The van der Waals surface area contributed by atoms with Crippen molar-refractivity contribution >= 4 is 17.5 Å². The number of nitrogens with zero attached hydrogens (tertiary/aromatic N) is 2. The molecule has 0 spiro atoms. The third-order valence-corrected chi connectivity index (χ3v) is 7.48. The van der Waals surface area contributed by atoms with Crippen molar-refractivity contribution < 1.29 is 19.1 Å². The molecule has 1 aliphatic rings. The predicted octanol–water partition coefficient (Wildman–Crippen LogP) is 6.37. The maximum absolute atomic E-state index is 13.2. The Kier molecular flexibility index (Phi) is 12.8.